The van der Waals surface area contributed by atoms with Crippen LogP contribution in [-0.2, 0) is 19.4 Å². The number of hydrogen-bond acceptors (Lipinski definition) is 5. The van der Waals surface area contributed by atoms with Gasteiger partial charge in [0.1, 0.15) is 11.8 Å². The van der Waals surface area contributed by atoms with Crippen molar-refractivity contribution in [1.29, 1.82) is 0 Å². The molecule has 1 rings (SSSR count). The highest BCUT2D eigenvalue weighted by atomic mass is 17.2. The molecule has 0 bridgehead atoms. The lowest BCUT2D eigenvalue weighted by atomic mass is 10.1. The van der Waals surface area contributed by atoms with Gasteiger partial charge in [-0.15, -0.1) is 0 Å². The molecule has 1 atom stereocenters. The van der Waals surface area contributed by atoms with Crippen molar-refractivity contribution >= 4 is 11.7 Å². The third kappa shape index (κ3) is 4.12. The predicted octanol–water partition coefficient (Wildman–Crippen LogP) is 0.547. The minimum absolute atomic E-state index is 0.0287. The van der Waals surface area contributed by atoms with Gasteiger partial charge in [-0.05, 0) is 19.8 Å². The number of nitrogens with zero attached hydrogens (tertiary/aromatic N) is 2. The van der Waals surface area contributed by atoms with Crippen molar-refractivity contribution in [2.45, 2.75) is 25.8 Å². The topological polar surface area (TPSA) is 59.1 Å². The Labute approximate surface area is 107 Å². The number of ketones is 1. The Kier molecular flexibility index (Phi) is 5.80. The molecular weight excluding hydrogens is 236 g/mol. The van der Waals surface area contributed by atoms with Crippen LogP contribution in [0.1, 0.15) is 19.8 Å². The molecule has 6 heteroatoms. The molecule has 0 unspecified atom stereocenters. The molecule has 0 radical (unpaired) electrons. The summed E-state index contributed by atoms with van der Waals surface area (Å²) in [4.78, 5) is 35.8. The second-order valence-corrected chi connectivity index (χ2v) is 4.28. The van der Waals surface area contributed by atoms with Gasteiger partial charge in [-0.25, -0.2) is 9.78 Å². The van der Waals surface area contributed by atoms with E-state index in [1.807, 2.05) is 18.1 Å². The van der Waals surface area contributed by atoms with E-state index in [0.29, 0.717) is 13.0 Å². The third-order valence-corrected chi connectivity index (χ3v) is 2.76. The number of hydrogen-bond donors (Lipinski definition) is 0. The van der Waals surface area contributed by atoms with E-state index in [1.165, 1.54) is 18.9 Å². The number of carbonyl (C=O) groups is 2. The van der Waals surface area contributed by atoms with Gasteiger partial charge in [-0.1, -0.05) is 0 Å². The monoisotopic (exact) mass is 256 g/mol. The number of Topliss-reactive ketones (excluding diaryl/α,β-unsaturated/α-hetero) is 1. The summed E-state index contributed by atoms with van der Waals surface area (Å²) in [6.07, 6.45) is 4.84. The van der Waals surface area contributed by atoms with Gasteiger partial charge in [0, 0.05) is 19.4 Å². The Balaban J connectivity index is 2.53. The summed E-state index contributed by atoms with van der Waals surface area (Å²) in [5, 5.41) is 0. The maximum Gasteiger partial charge on any atom is 0.249 e. The van der Waals surface area contributed by atoms with Crippen LogP contribution in [0.3, 0.4) is 0 Å². The Bertz CT molecular complexity index is 330. The number of carbonyl (C=O) groups excluding carboxylic acids is 2. The molecule has 0 fully saturated rings. The van der Waals surface area contributed by atoms with Crippen molar-refractivity contribution in [3.8, 4) is 0 Å². The smallest absolute Gasteiger partial charge is 0.249 e. The van der Waals surface area contributed by atoms with Crippen LogP contribution < -0.4 is 0 Å². The Morgan fingerprint density at radius 1 is 1.44 bits per heavy atom. The second kappa shape index (κ2) is 7.13. The lowest BCUT2D eigenvalue weighted by molar-refractivity contribution is -0.273. The zero-order valence-electron chi connectivity index (χ0n) is 11.1. The van der Waals surface area contributed by atoms with Crippen LogP contribution in [0.4, 0.5) is 0 Å². The lowest BCUT2D eigenvalue weighted by Gasteiger charge is -2.34. The maximum atomic E-state index is 12.1. The highest BCUT2D eigenvalue weighted by Crippen LogP contribution is 2.15. The standard InChI is InChI=1S/C12H20N2O4/c1-10(15)9-14-7-6-13(2)11(12(14)16)5-4-8-18-17-3/h6-7,11H,4-5,8-9H2,1-3H3/t11-/m1/s1. The average Bonchev–Trinajstić information content (AvgIpc) is 2.31. The van der Waals surface area contributed by atoms with Crippen molar-refractivity contribution in [2.75, 3.05) is 27.3 Å². The first-order valence-corrected chi connectivity index (χ1v) is 5.92. The van der Waals surface area contributed by atoms with Gasteiger partial charge in [0.25, 0.3) is 0 Å². The first-order valence-electron chi connectivity index (χ1n) is 5.92. The van der Waals surface area contributed by atoms with Crippen LogP contribution >= 0.6 is 0 Å². The lowest BCUT2D eigenvalue weighted by Crippen LogP contribution is -2.48. The average molecular weight is 256 g/mol. The largest absolute Gasteiger partial charge is 0.367 e. The molecule has 0 saturated carbocycles. The summed E-state index contributed by atoms with van der Waals surface area (Å²) in [6, 6.07) is -0.241. The highest BCUT2D eigenvalue weighted by molar-refractivity contribution is 5.88. The van der Waals surface area contributed by atoms with E-state index in [0.717, 1.165) is 6.42 Å². The van der Waals surface area contributed by atoms with Gasteiger partial charge in [0.15, 0.2) is 0 Å². The molecule has 1 aliphatic heterocycles. The summed E-state index contributed by atoms with van der Waals surface area (Å²) >= 11 is 0. The Morgan fingerprint density at radius 2 is 2.17 bits per heavy atom. The van der Waals surface area contributed by atoms with Gasteiger partial charge >= 0.3 is 0 Å². The van der Waals surface area contributed by atoms with Gasteiger partial charge < -0.3 is 9.80 Å². The SMILES string of the molecule is COOCCC[C@@H]1C(=O)N(CC(C)=O)C=CN1C. The first-order chi connectivity index (χ1) is 8.56. The minimum atomic E-state index is -0.241. The van der Waals surface area contributed by atoms with Crippen LogP contribution in [0.15, 0.2) is 12.4 Å². The number of likely N-dealkylation sites (N-methyl/N-ethyl adjacent to an activating group) is 1. The predicted molar refractivity (Wildman–Crippen MR) is 65.3 cm³/mol. The molecule has 0 spiro atoms. The zero-order chi connectivity index (χ0) is 13.5. The first kappa shape index (κ1) is 14.7. The Hall–Kier alpha value is -1.40. The van der Waals surface area contributed by atoms with Crippen molar-refractivity contribution in [3.63, 3.8) is 0 Å². The fourth-order valence-electron chi connectivity index (χ4n) is 1.85. The van der Waals surface area contributed by atoms with Crippen molar-refractivity contribution < 1.29 is 19.4 Å². The fraction of sp³-hybridized carbons (Fsp3) is 0.667. The number of rotatable bonds is 7. The van der Waals surface area contributed by atoms with Crippen LogP contribution in [0.25, 0.3) is 0 Å². The molecule has 0 aromatic carbocycles. The highest BCUT2D eigenvalue weighted by Gasteiger charge is 2.29. The fourth-order valence-corrected chi connectivity index (χ4v) is 1.85. The maximum absolute atomic E-state index is 12.1. The van der Waals surface area contributed by atoms with Crippen molar-refractivity contribution in [3.05, 3.63) is 12.4 Å². The van der Waals surface area contributed by atoms with Gasteiger partial charge in [-0.2, -0.15) is 0 Å². The van der Waals surface area contributed by atoms with Crippen LogP contribution in [0, 0.1) is 0 Å². The van der Waals surface area contributed by atoms with E-state index in [9.17, 15) is 9.59 Å². The van der Waals surface area contributed by atoms with E-state index >= 15 is 0 Å². The van der Waals surface area contributed by atoms with Gasteiger partial charge in [-0.3, -0.25) is 9.59 Å². The Morgan fingerprint density at radius 3 is 2.78 bits per heavy atom. The van der Waals surface area contributed by atoms with E-state index in [-0.39, 0.29) is 24.3 Å². The normalized spacial score (nSPS) is 19.5. The molecule has 1 amide bonds. The summed E-state index contributed by atoms with van der Waals surface area (Å²) in [5.41, 5.74) is 0. The quantitative estimate of drug-likeness (QED) is 0.378. The summed E-state index contributed by atoms with van der Waals surface area (Å²) in [6.45, 7) is 2.06. The van der Waals surface area contributed by atoms with Gasteiger partial charge in [0.2, 0.25) is 5.91 Å². The zero-order valence-corrected chi connectivity index (χ0v) is 11.1. The van der Waals surface area contributed by atoms with E-state index < -0.39 is 0 Å². The van der Waals surface area contributed by atoms with Crippen LogP contribution in [-0.4, -0.2) is 54.8 Å². The van der Waals surface area contributed by atoms with E-state index in [2.05, 4.69) is 4.89 Å². The molecule has 0 aromatic heterocycles. The third-order valence-electron chi connectivity index (χ3n) is 2.76. The molecular formula is C12H20N2O4. The van der Waals surface area contributed by atoms with E-state index in [1.54, 1.807) is 6.20 Å². The second-order valence-electron chi connectivity index (χ2n) is 4.28. The molecule has 18 heavy (non-hydrogen) atoms. The summed E-state index contributed by atoms with van der Waals surface area (Å²) < 4.78 is 0. The molecule has 102 valence electrons. The molecule has 6 nitrogen and oxygen atoms in total. The van der Waals surface area contributed by atoms with Crippen molar-refractivity contribution in [1.82, 2.24) is 9.80 Å². The number of amides is 1. The minimum Gasteiger partial charge on any atom is -0.367 e. The van der Waals surface area contributed by atoms with Gasteiger partial charge in [0.05, 0.1) is 20.3 Å². The summed E-state index contributed by atoms with van der Waals surface area (Å²) in [7, 11) is 3.30. The molecule has 0 aliphatic carbocycles. The molecule has 0 N–H and O–H groups in total. The van der Waals surface area contributed by atoms with Crippen molar-refractivity contribution in [2.24, 2.45) is 0 Å². The van der Waals surface area contributed by atoms with Crippen LogP contribution in [0.2, 0.25) is 0 Å². The molecule has 1 aliphatic rings. The molecule has 0 saturated heterocycles. The van der Waals surface area contributed by atoms with E-state index in [4.69, 9.17) is 4.89 Å². The summed E-state index contributed by atoms with van der Waals surface area (Å²) in [5.74, 6) is -0.0772. The molecule has 1 heterocycles. The molecule has 0 aromatic rings. The van der Waals surface area contributed by atoms with Crippen LogP contribution in [0.5, 0.6) is 0 Å².